The molecule has 0 saturated carbocycles. The van der Waals surface area contributed by atoms with Gasteiger partial charge in [0.1, 0.15) is 5.82 Å². The summed E-state index contributed by atoms with van der Waals surface area (Å²) in [5.74, 6) is -1.57. The van der Waals surface area contributed by atoms with Crippen molar-refractivity contribution in [2.75, 3.05) is 20.3 Å². The number of halogens is 1. The second-order valence-electron chi connectivity index (χ2n) is 4.88. The van der Waals surface area contributed by atoms with Crippen LogP contribution in [0.1, 0.15) is 23.7 Å². The minimum absolute atomic E-state index is 0.0838. The van der Waals surface area contributed by atoms with Gasteiger partial charge in [0.2, 0.25) is 0 Å². The first kappa shape index (κ1) is 17.0. The second-order valence-corrected chi connectivity index (χ2v) is 4.88. The number of nitro benzene ring substituents is 1. The molecule has 0 heterocycles. The molecule has 0 fully saturated rings. The number of nitrogens with zero attached hydrogens (tertiary/aromatic N) is 1. The molecule has 1 aromatic rings. The smallest absolute Gasteiger partial charge is 0.273 e. The number of nitrogens with one attached hydrogen (secondary N) is 1. The molecule has 0 bridgehead atoms. The molecule has 1 atom stereocenters. The predicted octanol–water partition coefficient (Wildman–Crippen LogP) is 1.25. The zero-order chi connectivity index (χ0) is 16.0. The first-order valence-electron chi connectivity index (χ1n) is 6.20. The molecule has 0 aromatic heterocycles. The van der Waals surface area contributed by atoms with E-state index in [4.69, 9.17) is 4.74 Å². The molecule has 1 amide bonds. The monoisotopic (exact) mass is 300 g/mol. The van der Waals surface area contributed by atoms with E-state index in [9.17, 15) is 24.4 Å². The minimum atomic E-state index is -1.19. The van der Waals surface area contributed by atoms with Gasteiger partial charge in [0.25, 0.3) is 11.6 Å². The molecule has 2 N–H and O–H groups in total. The largest absolute Gasteiger partial charge is 0.388 e. The fraction of sp³-hybridized carbons (Fsp3) is 0.462. The number of hydrogen-bond donors (Lipinski definition) is 2. The van der Waals surface area contributed by atoms with Crippen LogP contribution < -0.4 is 5.32 Å². The molecular formula is C13H17FN2O5. The molecule has 0 aliphatic heterocycles. The van der Waals surface area contributed by atoms with Crippen molar-refractivity contribution in [1.29, 1.82) is 0 Å². The van der Waals surface area contributed by atoms with Gasteiger partial charge in [0.05, 0.1) is 16.6 Å². The Morgan fingerprint density at radius 2 is 2.19 bits per heavy atom. The van der Waals surface area contributed by atoms with Gasteiger partial charge in [-0.2, -0.15) is 0 Å². The summed E-state index contributed by atoms with van der Waals surface area (Å²) < 4.78 is 18.1. The highest BCUT2D eigenvalue weighted by Crippen LogP contribution is 2.16. The van der Waals surface area contributed by atoms with Crippen LogP contribution in [-0.4, -0.2) is 41.8 Å². The molecule has 0 saturated heterocycles. The number of amides is 1. The van der Waals surface area contributed by atoms with Crippen LogP contribution in [0.15, 0.2) is 18.2 Å². The lowest BCUT2D eigenvalue weighted by Crippen LogP contribution is -2.41. The zero-order valence-electron chi connectivity index (χ0n) is 11.8. The van der Waals surface area contributed by atoms with Gasteiger partial charge in [-0.1, -0.05) is 0 Å². The van der Waals surface area contributed by atoms with Crippen molar-refractivity contribution in [3.05, 3.63) is 39.7 Å². The fourth-order valence-electron chi connectivity index (χ4n) is 1.59. The van der Waals surface area contributed by atoms with Gasteiger partial charge in [0, 0.05) is 38.3 Å². The van der Waals surface area contributed by atoms with Crippen molar-refractivity contribution in [3.63, 3.8) is 0 Å². The third-order valence-corrected chi connectivity index (χ3v) is 2.83. The molecule has 0 aliphatic rings. The summed E-state index contributed by atoms with van der Waals surface area (Å²) in [5, 5.41) is 23.0. The molecule has 116 valence electrons. The topological polar surface area (TPSA) is 102 Å². The quantitative estimate of drug-likeness (QED) is 0.583. The molecular weight excluding hydrogens is 283 g/mol. The number of benzene rings is 1. The Bertz CT molecular complexity index is 533. The molecule has 0 radical (unpaired) electrons. The van der Waals surface area contributed by atoms with E-state index < -0.39 is 27.9 Å². The van der Waals surface area contributed by atoms with Crippen LogP contribution in [0, 0.1) is 15.9 Å². The Hall–Kier alpha value is -2.06. The van der Waals surface area contributed by atoms with Crippen LogP contribution in [0.2, 0.25) is 0 Å². The molecule has 8 heteroatoms. The summed E-state index contributed by atoms with van der Waals surface area (Å²) >= 11 is 0. The van der Waals surface area contributed by atoms with Gasteiger partial charge in [-0.05, 0) is 13.0 Å². The highest BCUT2D eigenvalue weighted by Gasteiger charge is 2.22. The highest BCUT2D eigenvalue weighted by atomic mass is 19.1. The first-order valence-corrected chi connectivity index (χ1v) is 6.20. The third kappa shape index (κ3) is 5.44. The van der Waals surface area contributed by atoms with Crippen LogP contribution in [0.5, 0.6) is 0 Å². The molecule has 21 heavy (non-hydrogen) atoms. The Labute approximate surface area is 120 Å². The van der Waals surface area contributed by atoms with Crippen LogP contribution in [0.3, 0.4) is 0 Å². The Balaban J connectivity index is 2.74. The number of rotatable bonds is 7. The lowest BCUT2D eigenvalue weighted by Gasteiger charge is -2.23. The van der Waals surface area contributed by atoms with Crippen molar-refractivity contribution >= 4 is 11.6 Å². The fourth-order valence-corrected chi connectivity index (χ4v) is 1.59. The number of aliphatic hydroxyl groups is 1. The van der Waals surface area contributed by atoms with Crippen LogP contribution in [-0.2, 0) is 4.74 Å². The standard InChI is InChI=1S/C13H17FN2O5/c1-13(18,3-4-21-2)8-15-12(17)9-5-10(14)7-11(6-9)16(19)20/h5-7,18H,3-4,8H2,1-2H3,(H,15,17). The lowest BCUT2D eigenvalue weighted by atomic mass is 10.0. The van der Waals surface area contributed by atoms with Crippen molar-refractivity contribution < 1.29 is 24.0 Å². The number of ether oxygens (including phenoxy) is 1. The summed E-state index contributed by atoms with van der Waals surface area (Å²) in [5.41, 5.74) is -1.87. The van der Waals surface area contributed by atoms with Gasteiger partial charge in [-0.15, -0.1) is 0 Å². The van der Waals surface area contributed by atoms with E-state index in [1.807, 2.05) is 0 Å². The average Bonchev–Trinajstić information content (AvgIpc) is 2.42. The maximum absolute atomic E-state index is 13.2. The van der Waals surface area contributed by atoms with Gasteiger partial charge in [0.15, 0.2) is 0 Å². The molecule has 7 nitrogen and oxygen atoms in total. The van der Waals surface area contributed by atoms with E-state index in [1.54, 1.807) is 0 Å². The summed E-state index contributed by atoms with van der Waals surface area (Å²) in [6.07, 6.45) is 0.299. The molecule has 1 unspecified atom stereocenters. The van der Waals surface area contributed by atoms with Crippen molar-refractivity contribution in [2.45, 2.75) is 18.9 Å². The number of carbonyl (C=O) groups excluding carboxylic acids is 1. The summed E-state index contributed by atoms with van der Waals surface area (Å²) in [6, 6.07) is 2.60. The molecule has 0 spiro atoms. The summed E-state index contributed by atoms with van der Waals surface area (Å²) in [6.45, 7) is 1.74. The minimum Gasteiger partial charge on any atom is -0.388 e. The van der Waals surface area contributed by atoms with E-state index in [0.717, 1.165) is 18.2 Å². The maximum Gasteiger partial charge on any atom is 0.273 e. The number of carbonyl (C=O) groups is 1. The SMILES string of the molecule is COCCC(C)(O)CNC(=O)c1cc(F)cc([N+](=O)[O-])c1. The number of methoxy groups -OCH3 is 1. The Morgan fingerprint density at radius 3 is 2.76 bits per heavy atom. The summed E-state index contributed by atoms with van der Waals surface area (Å²) in [7, 11) is 1.49. The summed E-state index contributed by atoms with van der Waals surface area (Å²) in [4.78, 5) is 21.7. The molecule has 1 aromatic carbocycles. The van der Waals surface area contributed by atoms with Crippen LogP contribution in [0.25, 0.3) is 0 Å². The lowest BCUT2D eigenvalue weighted by molar-refractivity contribution is -0.385. The van der Waals surface area contributed by atoms with Crippen molar-refractivity contribution in [1.82, 2.24) is 5.32 Å². The Kier molecular flexibility index (Phi) is 5.74. The maximum atomic E-state index is 13.2. The van der Waals surface area contributed by atoms with E-state index in [2.05, 4.69) is 5.32 Å². The Morgan fingerprint density at radius 1 is 1.52 bits per heavy atom. The normalized spacial score (nSPS) is 13.5. The van der Waals surface area contributed by atoms with Gasteiger partial charge >= 0.3 is 0 Å². The van der Waals surface area contributed by atoms with Crippen molar-refractivity contribution in [2.24, 2.45) is 0 Å². The number of non-ortho nitro benzene ring substituents is 1. The first-order chi connectivity index (χ1) is 9.75. The number of hydrogen-bond acceptors (Lipinski definition) is 5. The van der Waals surface area contributed by atoms with E-state index >= 15 is 0 Å². The number of nitro groups is 1. The molecule has 1 rings (SSSR count). The van der Waals surface area contributed by atoms with Crippen molar-refractivity contribution in [3.8, 4) is 0 Å². The second kappa shape index (κ2) is 7.09. The van der Waals surface area contributed by atoms with E-state index in [0.29, 0.717) is 13.0 Å². The van der Waals surface area contributed by atoms with E-state index in [-0.39, 0.29) is 12.1 Å². The van der Waals surface area contributed by atoms with Crippen LogP contribution in [0.4, 0.5) is 10.1 Å². The van der Waals surface area contributed by atoms with E-state index in [1.165, 1.54) is 14.0 Å². The van der Waals surface area contributed by atoms with Crippen LogP contribution >= 0.6 is 0 Å². The van der Waals surface area contributed by atoms with Gasteiger partial charge in [-0.3, -0.25) is 14.9 Å². The van der Waals surface area contributed by atoms with Gasteiger partial charge in [-0.25, -0.2) is 4.39 Å². The average molecular weight is 300 g/mol. The third-order valence-electron chi connectivity index (χ3n) is 2.83. The van der Waals surface area contributed by atoms with Gasteiger partial charge < -0.3 is 15.2 Å². The zero-order valence-corrected chi connectivity index (χ0v) is 11.8. The predicted molar refractivity (Wildman–Crippen MR) is 72.5 cm³/mol. The highest BCUT2D eigenvalue weighted by molar-refractivity contribution is 5.94. The molecule has 0 aliphatic carbocycles.